The molecule has 0 bridgehead atoms. The highest BCUT2D eigenvalue weighted by molar-refractivity contribution is 5.80. The minimum absolute atomic E-state index is 0.363. The fraction of sp³-hybridized carbons (Fsp3) is 0.588. The number of nitrogens with one attached hydrogen (secondary N) is 3. The summed E-state index contributed by atoms with van der Waals surface area (Å²) in [4.78, 5) is 4.31. The van der Waals surface area contributed by atoms with Crippen molar-refractivity contribution < 1.29 is 0 Å². The minimum atomic E-state index is 0.363. The van der Waals surface area contributed by atoms with Crippen LogP contribution in [0.1, 0.15) is 27.2 Å². The zero-order chi connectivity index (χ0) is 15.2. The second-order valence-corrected chi connectivity index (χ2v) is 6.28. The van der Waals surface area contributed by atoms with Gasteiger partial charge in [0.05, 0.1) is 0 Å². The van der Waals surface area contributed by atoms with Crippen LogP contribution in [0.5, 0.6) is 0 Å². The average molecular weight is 288 g/mol. The molecule has 1 aliphatic carbocycles. The van der Waals surface area contributed by atoms with Crippen molar-refractivity contribution in [3.8, 4) is 0 Å². The minimum Gasteiger partial charge on any atom is -0.380 e. The quantitative estimate of drug-likeness (QED) is 0.557. The van der Waals surface area contributed by atoms with Gasteiger partial charge < -0.3 is 16.0 Å². The Hall–Kier alpha value is -1.71. The van der Waals surface area contributed by atoms with Crippen LogP contribution in [0, 0.1) is 11.8 Å². The molecule has 3 unspecified atom stereocenters. The second kappa shape index (κ2) is 7.34. The number of rotatable bonds is 6. The van der Waals surface area contributed by atoms with Gasteiger partial charge in [0.2, 0.25) is 0 Å². The summed E-state index contributed by atoms with van der Waals surface area (Å²) in [5.74, 6) is 2.22. The van der Waals surface area contributed by atoms with Crippen LogP contribution in [0.3, 0.4) is 0 Å². The number of guanidine groups is 1. The summed E-state index contributed by atoms with van der Waals surface area (Å²) in [7, 11) is 1.83. The molecular formula is C17H28N4. The number of benzene rings is 1. The molecule has 3 N–H and O–H groups in total. The van der Waals surface area contributed by atoms with Crippen molar-refractivity contribution in [2.75, 3.05) is 18.9 Å². The van der Waals surface area contributed by atoms with Crippen LogP contribution < -0.4 is 16.0 Å². The van der Waals surface area contributed by atoms with Gasteiger partial charge in [0.15, 0.2) is 5.96 Å². The maximum atomic E-state index is 4.31. The van der Waals surface area contributed by atoms with E-state index in [4.69, 9.17) is 0 Å². The van der Waals surface area contributed by atoms with Gasteiger partial charge >= 0.3 is 0 Å². The van der Waals surface area contributed by atoms with E-state index in [1.54, 1.807) is 0 Å². The topological polar surface area (TPSA) is 48.5 Å². The molecule has 1 aromatic carbocycles. The molecule has 1 fully saturated rings. The Kier molecular flexibility index (Phi) is 5.48. The molecule has 4 nitrogen and oxygen atoms in total. The smallest absolute Gasteiger partial charge is 0.191 e. The Balaban J connectivity index is 1.84. The predicted octanol–water partition coefficient (Wildman–Crippen LogP) is 2.70. The molecule has 0 aliphatic heterocycles. The Morgan fingerprint density at radius 1 is 1.29 bits per heavy atom. The molecule has 116 valence electrons. The fourth-order valence-electron chi connectivity index (χ4n) is 2.30. The molecule has 0 heterocycles. The molecule has 1 saturated carbocycles. The van der Waals surface area contributed by atoms with E-state index >= 15 is 0 Å². The predicted molar refractivity (Wildman–Crippen MR) is 90.8 cm³/mol. The molecule has 1 aliphatic rings. The summed E-state index contributed by atoms with van der Waals surface area (Å²) >= 11 is 0. The molecule has 0 saturated heterocycles. The Bertz CT molecular complexity index is 455. The van der Waals surface area contributed by atoms with Crippen LogP contribution in [0.15, 0.2) is 35.3 Å². The van der Waals surface area contributed by atoms with Gasteiger partial charge in [0.25, 0.3) is 0 Å². The molecule has 0 radical (unpaired) electrons. The Labute approximate surface area is 128 Å². The number of hydrogen-bond acceptors (Lipinski definition) is 2. The third-order valence-corrected chi connectivity index (χ3v) is 4.08. The maximum absolute atomic E-state index is 4.31. The Morgan fingerprint density at radius 2 is 1.95 bits per heavy atom. The van der Waals surface area contributed by atoms with Gasteiger partial charge in [-0.25, -0.2) is 0 Å². The molecule has 4 heteroatoms. The van der Waals surface area contributed by atoms with E-state index in [1.165, 1.54) is 6.42 Å². The van der Waals surface area contributed by atoms with Crippen LogP contribution in [0.25, 0.3) is 0 Å². The van der Waals surface area contributed by atoms with E-state index in [2.05, 4.69) is 66.0 Å². The first kappa shape index (κ1) is 15.7. The summed E-state index contributed by atoms with van der Waals surface area (Å²) in [5.41, 5.74) is 1.16. The van der Waals surface area contributed by atoms with Crippen LogP contribution in [-0.2, 0) is 0 Å². The van der Waals surface area contributed by atoms with Gasteiger partial charge in [-0.3, -0.25) is 4.99 Å². The van der Waals surface area contributed by atoms with Gasteiger partial charge in [-0.05, 0) is 30.4 Å². The average Bonchev–Trinajstić information content (AvgIpc) is 3.17. The highest BCUT2D eigenvalue weighted by atomic mass is 15.2. The lowest BCUT2D eigenvalue weighted by atomic mass is 10.0. The Morgan fingerprint density at radius 3 is 2.48 bits per heavy atom. The van der Waals surface area contributed by atoms with E-state index < -0.39 is 0 Å². The molecular weight excluding hydrogens is 260 g/mol. The summed E-state index contributed by atoms with van der Waals surface area (Å²) < 4.78 is 0. The zero-order valence-corrected chi connectivity index (χ0v) is 13.6. The highest BCUT2D eigenvalue weighted by Gasteiger charge is 2.33. The molecule has 0 aromatic heterocycles. The van der Waals surface area contributed by atoms with E-state index in [0.29, 0.717) is 18.0 Å². The summed E-state index contributed by atoms with van der Waals surface area (Å²) in [5, 5.41) is 10.5. The SMILES string of the molecule is CN=C(NCC(Nc1ccccc1)C(C)C)NC1CC1C. The first-order chi connectivity index (χ1) is 10.1. The number of hydrogen-bond donors (Lipinski definition) is 3. The number of nitrogens with zero attached hydrogens (tertiary/aromatic N) is 1. The van der Waals surface area contributed by atoms with Crippen molar-refractivity contribution in [2.45, 2.75) is 39.3 Å². The summed E-state index contributed by atoms with van der Waals surface area (Å²) in [6.07, 6.45) is 1.25. The first-order valence-corrected chi connectivity index (χ1v) is 7.89. The second-order valence-electron chi connectivity index (χ2n) is 6.28. The van der Waals surface area contributed by atoms with Crippen molar-refractivity contribution in [1.82, 2.24) is 10.6 Å². The van der Waals surface area contributed by atoms with E-state index in [-0.39, 0.29) is 0 Å². The van der Waals surface area contributed by atoms with Gasteiger partial charge in [0.1, 0.15) is 0 Å². The van der Waals surface area contributed by atoms with Crippen molar-refractivity contribution in [2.24, 2.45) is 16.8 Å². The van der Waals surface area contributed by atoms with Crippen LogP contribution in [-0.4, -0.2) is 31.6 Å². The molecule has 0 spiro atoms. The zero-order valence-electron chi connectivity index (χ0n) is 13.6. The maximum Gasteiger partial charge on any atom is 0.191 e. The van der Waals surface area contributed by atoms with Gasteiger partial charge in [-0.15, -0.1) is 0 Å². The molecule has 2 rings (SSSR count). The van der Waals surface area contributed by atoms with Crippen molar-refractivity contribution >= 4 is 11.6 Å². The summed E-state index contributed by atoms with van der Waals surface area (Å²) in [6.45, 7) is 7.59. The fourth-order valence-corrected chi connectivity index (χ4v) is 2.30. The van der Waals surface area contributed by atoms with E-state index in [1.807, 2.05) is 13.1 Å². The molecule has 3 atom stereocenters. The van der Waals surface area contributed by atoms with Crippen LogP contribution in [0.4, 0.5) is 5.69 Å². The van der Waals surface area contributed by atoms with Gasteiger partial charge in [-0.2, -0.15) is 0 Å². The number of aliphatic imine (C=N–C) groups is 1. The normalized spacial score (nSPS) is 22.8. The lowest BCUT2D eigenvalue weighted by molar-refractivity contribution is 0.512. The number of anilines is 1. The van der Waals surface area contributed by atoms with Gasteiger partial charge in [-0.1, -0.05) is 39.0 Å². The monoisotopic (exact) mass is 288 g/mol. The first-order valence-electron chi connectivity index (χ1n) is 7.89. The largest absolute Gasteiger partial charge is 0.380 e. The van der Waals surface area contributed by atoms with Crippen LogP contribution >= 0.6 is 0 Å². The van der Waals surface area contributed by atoms with E-state index in [9.17, 15) is 0 Å². The number of para-hydroxylation sites is 1. The van der Waals surface area contributed by atoms with Crippen molar-refractivity contribution in [3.63, 3.8) is 0 Å². The standard InChI is InChI=1S/C17H28N4/c1-12(2)16(20-14-8-6-5-7-9-14)11-19-17(18-4)21-15-10-13(15)3/h5-9,12-13,15-16,20H,10-11H2,1-4H3,(H2,18,19,21). The third-order valence-electron chi connectivity index (χ3n) is 4.08. The van der Waals surface area contributed by atoms with Gasteiger partial charge in [0, 0.05) is 31.4 Å². The lowest BCUT2D eigenvalue weighted by Crippen LogP contribution is -2.45. The lowest BCUT2D eigenvalue weighted by Gasteiger charge is -2.25. The molecule has 1 aromatic rings. The van der Waals surface area contributed by atoms with Crippen molar-refractivity contribution in [3.05, 3.63) is 30.3 Å². The van der Waals surface area contributed by atoms with Crippen LogP contribution in [0.2, 0.25) is 0 Å². The molecule has 0 amide bonds. The van der Waals surface area contributed by atoms with E-state index in [0.717, 1.165) is 24.1 Å². The summed E-state index contributed by atoms with van der Waals surface area (Å²) in [6, 6.07) is 11.3. The molecule has 21 heavy (non-hydrogen) atoms. The third kappa shape index (κ3) is 4.96. The highest BCUT2D eigenvalue weighted by Crippen LogP contribution is 2.28. The van der Waals surface area contributed by atoms with Crippen molar-refractivity contribution in [1.29, 1.82) is 0 Å².